The van der Waals surface area contributed by atoms with E-state index in [1.165, 1.54) is 27.2 Å². The summed E-state index contributed by atoms with van der Waals surface area (Å²) in [5.74, 6) is 0.0551. The van der Waals surface area contributed by atoms with E-state index < -0.39 is 0 Å². The van der Waals surface area contributed by atoms with Crippen molar-refractivity contribution in [2.24, 2.45) is 0 Å². The number of hydrogen-bond donors (Lipinski definition) is 1. The average molecular weight is 430 g/mol. The number of benzene rings is 2. The highest BCUT2D eigenvalue weighted by atomic mass is 16.6. The van der Waals surface area contributed by atoms with Crippen molar-refractivity contribution in [3.05, 3.63) is 59.7 Å². The highest BCUT2D eigenvalue weighted by molar-refractivity contribution is 5.79. The molecule has 2 aromatic carbocycles. The molecule has 3 rings (SSSR count). The topological polar surface area (TPSA) is 77.5 Å². The molecule has 0 aromatic heterocycles. The number of aliphatic hydroxyl groups is 1. The largest absolute Gasteiger partial charge is 0.448 e. The fraction of sp³-hybridized carbons (Fsp3) is 0.458. The molecule has 0 saturated carbocycles. The number of amides is 1. The molecule has 1 aliphatic carbocycles. The number of carbonyl (C=O) groups is 1. The Bertz CT molecular complexity index is 782. The maximum atomic E-state index is 12.4. The van der Waals surface area contributed by atoms with E-state index in [1.807, 2.05) is 24.3 Å². The standard InChI is InChI=1S/C24H31NO6/c1-25(10-12-28-14-16-30-17-15-29-13-11-26)24(27)31-18-23-21-8-4-2-6-19(21)20-7-3-5-9-22(20)23/h2-9,23,26H,10-18H2,1H3. The predicted molar refractivity (Wildman–Crippen MR) is 117 cm³/mol. The Morgan fingerprint density at radius 2 is 1.35 bits per heavy atom. The molecule has 0 aliphatic heterocycles. The Morgan fingerprint density at radius 3 is 1.94 bits per heavy atom. The zero-order chi connectivity index (χ0) is 21.9. The molecule has 0 radical (unpaired) electrons. The average Bonchev–Trinajstić information content (AvgIpc) is 3.12. The van der Waals surface area contributed by atoms with E-state index >= 15 is 0 Å². The summed E-state index contributed by atoms with van der Waals surface area (Å²) in [6.45, 7) is 3.30. The van der Waals surface area contributed by atoms with Crippen LogP contribution >= 0.6 is 0 Å². The monoisotopic (exact) mass is 429 g/mol. The Kier molecular flexibility index (Phi) is 9.30. The van der Waals surface area contributed by atoms with Crippen molar-refractivity contribution in [3.63, 3.8) is 0 Å². The number of rotatable bonds is 13. The molecule has 7 heteroatoms. The second kappa shape index (κ2) is 12.4. The first-order valence-electron chi connectivity index (χ1n) is 10.6. The van der Waals surface area contributed by atoms with Gasteiger partial charge in [-0.1, -0.05) is 48.5 Å². The van der Waals surface area contributed by atoms with Gasteiger partial charge in [0, 0.05) is 19.5 Å². The fourth-order valence-electron chi connectivity index (χ4n) is 3.60. The van der Waals surface area contributed by atoms with Crippen LogP contribution in [0, 0.1) is 0 Å². The van der Waals surface area contributed by atoms with Gasteiger partial charge in [0.15, 0.2) is 0 Å². The molecular weight excluding hydrogens is 398 g/mol. The van der Waals surface area contributed by atoms with Gasteiger partial charge in [-0.15, -0.1) is 0 Å². The lowest BCUT2D eigenvalue weighted by atomic mass is 9.98. The van der Waals surface area contributed by atoms with Crippen molar-refractivity contribution in [2.75, 3.05) is 66.4 Å². The molecule has 31 heavy (non-hydrogen) atoms. The van der Waals surface area contributed by atoms with Crippen molar-refractivity contribution in [1.29, 1.82) is 0 Å². The molecule has 1 N–H and O–H groups in total. The number of carbonyl (C=O) groups excluding carboxylic acids is 1. The molecule has 7 nitrogen and oxygen atoms in total. The molecular formula is C24H31NO6. The number of nitrogens with zero attached hydrogens (tertiary/aromatic N) is 1. The maximum absolute atomic E-state index is 12.4. The van der Waals surface area contributed by atoms with E-state index in [-0.39, 0.29) is 18.6 Å². The van der Waals surface area contributed by atoms with Crippen LogP contribution in [-0.4, -0.2) is 82.5 Å². The lowest BCUT2D eigenvalue weighted by molar-refractivity contribution is 0.00511. The second-order valence-electron chi connectivity index (χ2n) is 7.29. The van der Waals surface area contributed by atoms with Crippen molar-refractivity contribution >= 4 is 6.09 Å². The van der Waals surface area contributed by atoms with Crippen LogP contribution in [-0.2, 0) is 18.9 Å². The van der Waals surface area contributed by atoms with Crippen molar-refractivity contribution in [1.82, 2.24) is 4.90 Å². The van der Waals surface area contributed by atoms with Gasteiger partial charge >= 0.3 is 6.09 Å². The molecule has 0 bridgehead atoms. The first-order chi connectivity index (χ1) is 15.2. The fourth-order valence-corrected chi connectivity index (χ4v) is 3.60. The van der Waals surface area contributed by atoms with Gasteiger partial charge in [0.1, 0.15) is 6.61 Å². The first-order valence-corrected chi connectivity index (χ1v) is 10.6. The quantitative estimate of drug-likeness (QED) is 0.494. The van der Waals surface area contributed by atoms with Crippen LogP contribution in [0.1, 0.15) is 17.0 Å². The van der Waals surface area contributed by atoms with E-state index in [4.69, 9.17) is 24.1 Å². The van der Waals surface area contributed by atoms with E-state index in [1.54, 1.807) is 7.05 Å². The minimum Gasteiger partial charge on any atom is -0.448 e. The van der Waals surface area contributed by atoms with Gasteiger partial charge in [0.2, 0.25) is 0 Å². The molecule has 2 aromatic rings. The van der Waals surface area contributed by atoms with Crippen LogP contribution in [0.25, 0.3) is 11.1 Å². The molecule has 0 spiro atoms. The third-order valence-electron chi connectivity index (χ3n) is 5.20. The van der Waals surface area contributed by atoms with Gasteiger partial charge in [-0.2, -0.15) is 0 Å². The normalized spacial score (nSPS) is 12.5. The van der Waals surface area contributed by atoms with Crippen LogP contribution in [0.3, 0.4) is 0 Å². The summed E-state index contributed by atoms with van der Waals surface area (Å²) in [5.41, 5.74) is 4.82. The Morgan fingerprint density at radius 1 is 0.839 bits per heavy atom. The lowest BCUT2D eigenvalue weighted by Crippen LogP contribution is -2.32. The third kappa shape index (κ3) is 6.51. The number of aliphatic hydroxyl groups excluding tert-OH is 1. The summed E-state index contributed by atoms with van der Waals surface area (Å²) in [6.07, 6.45) is -0.359. The molecule has 1 amide bonds. The highest BCUT2D eigenvalue weighted by Gasteiger charge is 2.29. The van der Waals surface area contributed by atoms with E-state index in [0.717, 1.165) is 0 Å². The number of likely N-dealkylation sites (N-methyl/N-ethyl adjacent to an activating group) is 1. The number of ether oxygens (including phenoxy) is 4. The zero-order valence-corrected chi connectivity index (χ0v) is 18.0. The van der Waals surface area contributed by atoms with Crippen LogP contribution < -0.4 is 0 Å². The number of hydrogen-bond acceptors (Lipinski definition) is 6. The molecule has 0 heterocycles. The molecule has 168 valence electrons. The summed E-state index contributed by atoms with van der Waals surface area (Å²) in [7, 11) is 1.71. The predicted octanol–water partition coefficient (Wildman–Crippen LogP) is 2.91. The lowest BCUT2D eigenvalue weighted by Gasteiger charge is -2.19. The van der Waals surface area contributed by atoms with Crippen molar-refractivity contribution < 1.29 is 28.8 Å². The summed E-state index contributed by atoms with van der Waals surface area (Å²) in [6, 6.07) is 16.6. The van der Waals surface area contributed by atoms with Crippen LogP contribution in [0.5, 0.6) is 0 Å². The number of fused-ring (bicyclic) bond motifs is 3. The highest BCUT2D eigenvalue weighted by Crippen LogP contribution is 2.44. The summed E-state index contributed by atoms with van der Waals surface area (Å²) >= 11 is 0. The van der Waals surface area contributed by atoms with Crippen molar-refractivity contribution in [3.8, 4) is 11.1 Å². The van der Waals surface area contributed by atoms with Gasteiger partial charge < -0.3 is 29.0 Å². The SMILES string of the molecule is CN(CCOCCOCCOCCO)C(=O)OCC1c2ccccc2-c2ccccc21. The Labute approximate surface area is 183 Å². The van der Waals surface area contributed by atoms with Crippen molar-refractivity contribution in [2.45, 2.75) is 5.92 Å². The van der Waals surface area contributed by atoms with E-state index in [9.17, 15) is 4.79 Å². The van der Waals surface area contributed by atoms with Gasteiger partial charge in [0.25, 0.3) is 0 Å². The molecule has 0 fully saturated rings. The minimum absolute atomic E-state index is 0.0142. The van der Waals surface area contributed by atoms with E-state index in [2.05, 4.69) is 24.3 Å². The molecule has 1 aliphatic rings. The summed E-state index contributed by atoms with van der Waals surface area (Å²) in [5, 5.41) is 8.59. The summed E-state index contributed by atoms with van der Waals surface area (Å²) in [4.78, 5) is 13.9. The zero-order valence-electron chi connectivity index (χ0n) is 18.0. The van der Waals surface area contributed by atoms with Gasteiger partial charge in [-0.3, -0.25) is 0 Å². The van der Waals surface area contributed by atoms with Crippen LogP contribution in [0.15, 0.2) is 48.5 Å². The van der Waals surface area contributed by atoms with E-state index in [0.29, 0.717) is 52.8 Å². The Balaban J connectivity index is 1.35. The minimum atomic E-state index is -0.359. The first kappa shape index (κ1) is 23.2. The van der Waals surface area contributed by atoms with Gasteiger partial charge in [-0.05, 0) is 22.3 Å². The molecule has 0 atom stereocenters. The smallest absolute Gasteiger partial charge is 0.409 e. The van der Waals surface area contributed by atoms with Gasteiger partial charge in [-0.25, -0.2) is 4.79 Å². The van der Waals surface area contributed by atoms with Crippen LogP contribution in [0.4, 0.5) is 4.79 Å². The van der Waals surface area contributed by atoms with Crippen LogP contribution in [0.2, 0.25) is 0 Å². The maximum Gasteiger partial charge on any atom is 0.409 e. The van der Waals surface area contributed by atoms with Gasteiger partial charge in [0.05, 0.1) is 46.2 Å². The summed E-state index contributed by atoms with van der Waals surface area (Å²) < 4.78 is 21.6. The Hall–Kier alpha value is -2.45. The third-order valence-corrected chi connectivity index (χ3v) is 5.20. The molecule has 0 unspecified atom stereocenters. The second-order valence-corrected chi connectivity index (χ2v) is 7.29. The molecule has 0 saturated heterocycles.